The van der Waals surface area contributed by atoms with Crippen LogP contribution in [0.15, 0.2) is 55.1 Å². The molecule has 1 aliphatic rings. The van der Waals surface area contributed by atoms with Gasteiger partial charge in [-0.25, -0.2) is 9.50 Å². The van der Waals surface area contributed by atoms with E-state index in [-0.39, 0.29) is 0 Å². The highest BCUT2D eigenvalue weighted by Crippen LogP contribution is 2.24. The Labute approximate surface area is 197 Å². The zero-order valence-electron chi connectivity index (χ0n) is 20.6. The van der Waals surface area contributed by atoms with Crippen molar-refractivity contribution in [1.82, 2.24) is 24.1 Å². The van der Waals surface area contributed by atoms with Gasteiger partial charge in [-0.1, -0.05) is 53.2 Å². The average molecular weight is 448 g/mol. The third-order valence-corrected chi connectivity index (χ3v) is 5.37. The lowest BCUT2D eigenvalue weighted by Gasteiger charge is -2.16. The fourth-order valence-electron chi connectivity index (χ4n) is 3.84. The number of nitrogens with zero attached hydrogens (tertiary/aromatic N) is 6. The van der Waals surface area contributed by atoms with Crippen molar-refractivity contribution in [2.75, 3.05) is 23.3 Å². The average Bonchev–Trinajstić information content (AvgIpc) is 3.64. The highest BCUT2D eigenvalue weighted by Gasteiger charge is 2.18. The summed E-state index contributed by atoms with van der Waals surface area (Å²) in [6.07, 6.45) is 10.4. The van der Waals surface area contributed by atoms with Gasteiger partial charge < -0.3 is 14.8 Å². The number of nitrogens with one attached hydrogen (secondary N) is 1. The Kier molecular flexibility index (Phi) is 8.87. The molecule has 0 unspecified atom stereocenters. The van der Waals surface area contributed by atoms with Crippen LogP contribution >= 0.6 is 0 Å². The summed E-state index contributed by atoms with van der Waals surface area (Å²) in [6.45, 7) is 12.2. The van der Waals surface area contributed by atoms with Crippen molar-refractivity contribution in [3.63, 3.8) is 0 Å². The summed E-state index contributed by atoms with van der Waals surface area (Å²) in [6, 6.07) is 12.6. The zero-order valence-corrected chi connectivity index (χ0v) is 20.6. The molecule has 1 saturated heterocycles. The van der Waals surface area contributed by atoms with Crippen molar-refractivity contribution in [3.05, 3.63) is 60.7 Å². The molecular weight excluding hydrogens is 410 g/mol. The minimum absolute atomic E-state index is 0.761. The molecule has 0 bridgehead atoms. The van der Waals surface area contributed by atoms with Crippen LogP contribution in [-0.2, 0) is 6.42 Å². The topological polar surface area (TPSA) is 63.3 Å². The van der Waals surface area contributed by atoms with Crippen LogP contribution in [0.5, 0.6) is 0 Å². The van der Waals surface area contributed by atoms with E-state index >= 15 is 0 Å². The van der Waals surface area contributed by atoms with E-state index in [1.807, 2.05) is 67.6 Å². The fourth-order valence-corrected chi connectivity index (χ4v) is 3.84. The van der Waals surface area contributed by atoms with Gasteiger partial charge >= 0.3 is 0 Å². The number of hydrogen-bond acceptors (Lipinski definition) is 5. The lowest BCUT2D eigenvalue weighted by Crippen LogP contribution is -2.22. The summed E-state index contributed by atoms with van der Waals surface area (Å²) >= 11 is 0. The molecule has 1 aliphatic heterocycles. The van der Waals surface area contributed by atoms with Gasteiger partial charge in [0.1, 0.15) is 17.7 Å². The number of aryl methyl sites for hydroxylation is 1. The van der Waals surface area contributed by atoms with E-state index in [0.717, 1.165) is 54.7 Å². The van der Waals surface area contributed by atoms with Gasteiger partial charge in [-0.3, -0.25) is 0 Å². The van der Waals surface area contributed by atoms with Crippen molar-refractivity contribution in [1.29, 1.82) is 0 Å². The number of anilines is 3. The van der Waals surface area contributed by atoms with Crippen LogP contribution in [0.25, 0.3) is 11.2 Å². The first-order valence-corrected chi connectivity index (χ1v) is 12.3. The van der Waals surface area contributed by atoms with Crippen LogP contribution in [-0.4, -0.2) is 37.2 Å². The molecule has 0 aliphatic carbocycles. The van der Waals surface area contributed by atoms with Gasteiger partial charge in [0.15, 0.2) is 5.82 Å². The minimum Gasteiger partial charge on any atom is -0.340 e. The first-order chi connectivity index (χ1) is 16.3. The Bertz CT molecular complexity index is 1110. The summed E-state index contributed by atoms with van der Waals surface area (Å²) in [5.74, 6) is 2.30. The van der Waals surface area contributed by atoms with E-state index in [4.69, 9.17) is 4.98 Å². The first kappa shape index (κ1) is 24.3. The zero-order chi connectivity index (χ0) is 23.6. The Hall–Kier alpha value is -3.35. The van der Waals surface area contributed by atoms with Gasteiger partial charge in [0.2, 0.25) is 5.95 Å². The van der Waals surface area contributed by atoms with Gasteiger partial charge in [0.25, 0.3) is 0 Å². The monoisotopic (exact) mass is 447 g/mol. The molecule has 0 atom stereocenters. The highest BCUT2D eigenvalue weighted by molar-refractivity contribution is 5.73. The molecule has 7 nitrogen and oxygen atoms in total. The van der Waals surface area contributed by atoms with Crippen molar-refractivity contribution < 1.29 is 0 Å². The molecule has 5 rings (SSSR count). The largest absolute Gasteiger partial charge is 0.340 e. The molecule has 1 fully saturated rings. The molecule has 1 N–H and O–H groups in total. The van der Waals surface area contributed by atoms with Crippen LogP contribution < -0.4 is 10.2 Å². The van der Waals surface area contributed by atoms with Crippen molar-refractivity contribution in [2.24, 2.45) is 0 Å². The maximum Gasteiger partial charge on any atom is 0.245 e. The van der Waals surface area contributed by atoms with Crippen LogP contribution in [0.1, 0.15) is 59.4 Å². The maximum absolute atomic E-state index is 4.80. The Morgan fingerprint density at radius 2 is 1.70 bits per heavy atom. The lowest BCUT2D eigenvalue weighted by molar-refractivity contribution is 0.827. The number of benzene rings is 1. The van der Waals surface area contributed by atoms with E-state index in [2.05, 4.69) is 51.5 Å². The van der Waals surface area contributed by atoms with Crippen molar-refractivity contribution in [3.8, 4) is 5.69 Å². The van der Waals surface area contributed by atoms with Gasteiger partial charge in [-0.15, -0.1) is 5.10 Å². The van der Waals surface area contributed by atoms with Gasteiger partial charge in [-0.2, -0.15) is 4.98 Å². The molecule has 33 heavy (non-hydrogen) atoms. The number of hydrogen-bond donors (Lipinski definition) is 1. The molecule has 0 saturated carbocycles. The molecule has 7 heteroatoms. The number of aromatic nitrogens is 5. The summed E-state index contributed by atoms with van der Waals surface area (Å²) in [5.41, 5.74) is 3.39. The van der Waals surface area contributed by atoms with Crippen LogP contribution in [0.2, 0.25) is 0 Å². The molecular formula is C26H37N7. The normalized spacial score (nSPS) is 12.7. The lowest BCUT2D eigenvalue weighted by atomic mass is 10.1. The third-order valence-electron chi connectivity index (χ3n) is 5.37. The summed E-state index contributed by atoms with van der Waals surface area (Å²) in [7, 11) is 0. The van der Waals surface area contributed by atoms with Crippen LogP contribution in [0.4, 0.5) is 17.6 Å². The second-order valence-electron chi connectivity index (χ2n) is 7.50. The van der Waals surface area contributed by atoms with E-state index in [9.17, 15) is 0 Å². The third kappa shape index (κ3) is 5.72. The fraction of sp³-hybridized carbons (Fsp3) is 0.423. The molecule has 176 valence electrons. The predicted octanol–water partition coefficient (Wildman–Crippen LogP) is 6.26. The second kappa shape index (κ2) is 12.0. The molecule has 0 radical (unpaired) electrons. The summed E-state index contributed by atoms with van der Waals surface area (Å²) in [5, 5.41) is 8.05. The summed E-state index contributed by atoms with van der Waals surface area (Å²) in [4.78, 5) is 11.6. The highest BCUT2D eigenvalue weighted by atomic mass is 15.4. The van der Waals surface area contributed by atoms with E-state index in [1.165, 1.54) is 18.4 Å². The summed E-state index contributed by atoms with van der Waals surface area (Å²) < 4.78 is 3.91. The van der Waals surface area contributed by atoms with Crippen molar-refractivity contribution >= 4 is 23.1 Å². The number of imidazole rings is 1. The standard InChI is InChI=1S/C22H25N7.2C2H6/c1-2-6-17-8-10-18(11-9-17)28-15-20(23-16-28)24-21-19-7-5-14-29(19)26-22(25-21)27-12-3-4-13-27;2*1-2/h5,7-11,14-16H,2-4,6,12-13H2,1H3,(H,24,25,26);2*1-2H3. The number of fused-ring (bicyclic) bond motifs is 1. The Morgan fingerprint density at radius 1 is 0.970 bits per heavy atom. The van der Waals surface area contributed by atoms with Crippen molar-refractivity contribution in [2.45, 2.75) is 60.3 Å². The van der Waals surface area contributed by atoms with Gasteiger partial charge in [-0.05, 0) is 49.1 Å². The molecule has 1 aromatic carbocycles. The van der Waals surface area contributed by atoms with Crippen LogP contribution in [0.3, 0.4) is 0 Å². The molecule has 0 amide bonds. The molecule has 0 spiro atoms. The van der Waals surface area contributed by atoms with Gasteiger partial charge in [0, 0.05) is 25.0 Å². The van der Waals surface area contributed by atoms with Gasteiger partial charge in [0.05, 0.1) is 6.20 Å². The van der Waals surface area contributed by atoms with E-state index in [1.54, 1.807) is 0 Å². The number of rotatable bonds is 6. The minimum atomic E-state index is 0.761. The van der Waals surface area contributed by atoms with E-state index < -0.39 is 0 Å². The SMILES string of the molecule is CC.CC.CCCc1ccc(-n2cnc(Nc3nc(N4CCCC4)nn4cccc34)c2)cc1. The second-order valence-corrected chi connectivity index (χ2v) is 7.50. The van der Waals surface area contributed by atoms with E-state index in [0.29, 0.717) is 0 Å². The molecule has 3 aromatic heterocycles. The molecule has 4 aromatic rings. The van der Waals surface area contributed by atoms with Crippen LogP contribution in [0, 0.1) is 0 Å². The smallest absolute Gasteiger partial charge is 0.245 e. The Morgan fingerprint density at radius 3 is 2.39 bits per heavy atom. The maximum atomic E-state index is 4.80. The quantitative estimate of drug-likeness (QED) is 0.378. The molecule has 4 heterocycles. The first-order valence-electron chi connectivity index (χ1n) is 12.3. The predicted molar refractivity (Wildman–Crippen MR) is 138 cm³/mol. The Balaban J connectivity index is 0.000000728.